The van der Waals surface area contributed by atoms with Crippen LogP contribution >= 0.6 is 0 Å². The Morgan fingerprint density at radius 3 is 0.768 bits per heavy atom. The van der Waals surface area contributed by atoms with Gasteiger partial charge in [-0.25, -0.2) is 0 Å². The topological polar surface area (TPSA) is 78.9 Å². The van der Waals surface area contributed by atoms with Gasteiger partial charge in [0, 0.05) is 19.3 Å². The van der Waals surface area contributed by atoms with Crippen molar-refractivity contribution < 1.29 is 28.6 Å². The van der Waals surface area contributed by atoms with Crippen molar-refractivity contribution in [2.75, 3.05) is 13.2 Å². The third-order valence-electron chi connectivity index (χ3n) is 14.7. The van der Waals surface area contributed by atoms with Crippen LogP contribution in [0.1, 0.15) is 323 Å². The van der Waals surface area contributed by atoms with Crippen LogP contribution in [0.3, 0.4) is 0 Å². The van der Waals surface area contributed by atoms with Crippen LogP contribution in [0.15, 0.2) is 122 Å². The van der Waals surface area contributed by atoms with Gasteiger partial charge in [0.2, 0.25) is 0 Å². The van der Waals surface area contributed by atoms with Gasteiger partial charge in [-0.15, -0.1) is 0 Å². The maximum Gasteiger partial charge on any atom is 0.306 e. The van der Waals surface area contributed by atoms with E-state index in [1.54, 1.807) is 0 Å². The molecule has 0 aliphatic heterocycles. The molecule has 0 aromatic rings. The molecule has 0 aromatic carbocycles. The largest absolute Gasteiger partial charge is 0.462 e. The van der Waals surface area contributed by atoms with Crippen LogP contribution in [0.25, 0.3) is 0 Å². The Hall–Kier alpha value is -4.19. The Morgan fingerprint density at radius 2 is 0.476 bits per heavy atom. The van der Waals surface area contributed by atoms with E-state index < -0.39 is 6.10 Å². The standard InChI is InChI=1S/C76H128O6/c1-4-7-10-13-16-19-22-25-28-31-33-35-36-37-38-39-41-42-45-48-51-54-57-60-63-66-69-75(78)81-72-73(71-80-74(77)68-65-62-59-56-53-50-47-44-30-27-24-21-18-15-12-9-6-3)82-76(79)70-67-64-61-58-55-52-49-46-43-40-34-32-29-26-23-20-17-14-11-8-5-2/h8-9,11-12,17-18,20-21,26-27,29-30,34,40,46-47,49-50,55,58,73H,4-7,10,13-16,19,22-25,28,31-33,35-39,41-45,48,51-54,56-57,59-72H2,1-3H3/b11-8-,12-9-,20-17-,21-18-,29-26-,30-27-,40-34-,49-46-,50-47-,58-55-. The van der Waals surface area contributed by atoms with Crippen molar-refractivity contribution in [2.24, 2.45) is 0 Å². The van der Waals surface area contributed by atoms with E-state index in [1.165, 1.54) is 148 Å². The Morgan fingerprint density at radius 1 is 0.256 bits per heavy atom. The average Bonchev–Trinajstić information content (AvgIpc) is 3.47. The SMILES string of the molecule is CC/C=C\C/C=C\C/C=C\C/C=C\C/C=C\C/C=C\CCCCC(=O)OC(COC(=O)CCCCCC/C=C\C/C=C\C/C=C\C/C=C\CC)COC(=O)CCCCCCCCCCCCCCCCCCCCCCCCCCCC. The van der Waals surface area contributed by atoms with Crippen molar-refractivity contribution in [3.05, 3.63) is 122 Å². The number of hydrogen-bond acceptors (Lipinski definition) is 6. The fourth-order valence-corrected chi connectivity index (χ4v) is 9.62. The number of hydrogen-bond donors (Lipinski definition) is 0. The second kappa shape index (κ2) is 69.3. The summed E-state index contributed by atoms with van der Waals surface area (Å²) in [5.74, 6) is -0.963. The Balaban J connectivity index is 4.42. The van der Waals surface area contributed by atoms with E-state index in [0.717, 1.165) is 128 Å². The van der Waals surface area contributed by atoms with Crippen LogP contribution in [0.2, 0.25) is 0 Å². The zero-order valence-corrected chi connectivity index (χ0v) is 53.7. The van der Waals surface area contributed by atoms with E-state index in [-0.39, 0.29) is 37.5 Å². The summed E-state index contributed by atoms with van der Waals surface area (Å²) in [7, 11) is 0. The van der Waals surface area contributed by atoms with Gasteiger partial charge in [-0.3, -0.25) is 14.4 Å². The normalized spacial score (nSPS) is 12.9. The van der Waals surface area contributed by atoms with Crippen LogP contribution in [0.4, 0.5) is 0 Å². The third kappa shape index (κ3) is 66.6. The predicted molar refractivity (Wildman–Crippen MR) is 357 cm³/mol. The first-order valence-electron chi connectivity index (χ1n) is 34.5. The van der Waals surface area contributed by atoms with Crippen LogP contribution in [0.5, 0.6) is 0 Å². The third-order valence-corrected chi connectivity index (χ3v) is 14.7. The van der Waals surface area contributed by atoms with Crippen molar-refractivity contribution >= 4 is 17.9 Å². The maximum absolute atomic E-state index is 12.9. The van der Waals surface area contributed by atoms with Crippen molar-refractivity contribution in [3.8, 4) is 0 Å². The second-order valence-corrected chi connectivity index (χ2v) is 22.7. The highest BCUT2D eigenvalue weighted by Crippen LogP contribution is 2.17. The van der Waals surface area contributed by atoms with Gasteiger partial charge in [-0.05, 0) is 109 Å². The van der Waals surface area contributed by atoms with E-state index in [9.17, 15) is 14.4 Å². The van der Waals surface area contributed by atoms with Gasteiger partial charge >= 0.3 is 17.9 Å². The minimum Gasteiger partial charge on any atom is -0.462 e. The molecule has 0 aromatic heterocycles. The molecule has 1 atom stereocenters. The van der Waals surface area contributed by atoms with Crippen molar-refractivity contribution in [1.29, 1.82) is 0 Å². The number of carbonyl (C=O) groups is 3. The second-order valence-electron chi connectivity index (χ2n) is 22.7. The smallest absolute Gasteiger partial charge is 0.306 e. The fourth-order valence-electron chi connectivity index (χ4n) is 9.62. The molecule has 0 fully saturated rings. The van der Waals surface area contributed by atoms with Gasteiger partial charge in [0.05, 0.1) is 0 Å². The maximum atomic E-state index is 12.9. The Kier molecular flexibility index (Phi) is 65.8. The zero-order chi connectivity index (χ0) is 59.2. The van der Waals surface area contributed by atoms with Gasteiger partial charge in [0.25, 0.3) is 0 Å². The molecule has 6 heteroatoms. The summed E-state index contributed by atoms with van der Waals surface area (Å²) in [6, 6.07) is 0. The zero-order valence-electron chi connectivity index (χ0n) is 53.7. The summed E-state index contributed by atoms with van der Waals surface area (Å²) >= 11 is 0. The lowest BCUT2D eigenvalue weighted by atomic mass is 10.0. The molecule has 0 rings (SSSR count). The van der Waals surface area contributed by atoms with Crippen LogP contribution in [-0.2, 0) is 28.6 Å². The monoisotopic (exact) mass is 1140 g/mol. The van der Waals surface area contributed by atoms with E-state index in [4.69, 9.17) is 14.2 Å². The summed E-state index contributed by atoms with van der Waals surface area (Å²) in [6.45, 7) is 6.39. The minimum absolute atomic E-state index is 0.104. The number of unbranched alkanes of at least 4 members (excludes halogenated alkanes) is 31. The molecule has 0 saturated carbocycles. The first kappa shape index (κ1) is 77.8. The summed E-state index contributed by atoms with van der Waals surface area (Å²) in [5.41, 5.74) is 0. The lowest BCUT2D eigenvalue weighted by Crippen LogP contribution is -2.30. The van der Waals surface area contributed by atoms with Crippen LogP contribution in [-0.4, -0.2) is 37.2 Å². The van der Waals surface area contributed by atoms with Crippen molar-refractivity contribution in [1.82, 2.24) is 0 Å². The quantitative estimate of drug-likeness (QED) is 0.0261. The summed E-state index contributed by atoms with van der Waals surface area (Å²) < 4.78 is 16.9. The highest BCUT2D eigenvalue weighted by Gasteiger charge is 2.19. The highest BCUT2D eigenvalue weighted by atomic mass is 16.6. The first-order chi connectivity index (χ1) is 40.5. The lowest BCUT2D eigenvalue weighted by Gasteiger charge is -2.18. The number of carbonyl (C=O) groups excluding carboxylic acids is 3. The molecule has 0 saturated heterocycles. The molecule has 0 aliphatic carbocycles. The first-order valence-corrected chi connectivity index (χ1v) is 34.5. The minimum atomic E-state index is -0.816. The van der Waals surface area contributed by atoms with Gasteiger partial charge in [0.1, 0.15) is 13.2 Å². The van der Waals surface area contributed by atoms with Gasteiger partial charge in [-0.1, -0.05) is 316 Å². The molecule has 0 radical (unpaired) electrons. The average molecular weight is 1140 g/mol. The molecule has 0 spiro atoms. The molecule has 6 nitrogen and oxygen atoms in total. The molecule has 0 heterocycles. The molecule has 82 heavy (non-hydrogen) atoms. The summed E-state index contributed by atoms with van der Waals surface area (Å²) in [4.78, 5) is 38.4. The molecule has 0 aliphatic rings. The molecule has 0 amide bonds. The van der Waals surface area contributed by atoms with E-state index in [1.807, 2.05) is 0 Å². The lowest BCUT2D eigenvalue weighted by molar-refractivity contribution is -0.167. The number of allylic oxidation sites excluding steroid dienone is 20. The molecule has 0 N–H and O–H groups in total. The van der Waals surface area contributed by atoms with Gasteiger partial charge < -0.3 is 14.2 Å². The van der Waals surface area contributed by atoms with Crippen LogP contribution in [0, 0.1) is 0 Å². The highest BCUT2D eigenvalue weighted by molar-refractivity contribution is 5.71. The molecular formula is C76H128O6. The molecule has 0 bridgehead atoms. The number of rotatable bonds is 62. The fraction of sp³-hybridized carbons (Fsp3) is 0.697. The van der Waals surface area contributed by atoms with E-state index in [2.05, 4.69) is 142 Å². The molecule has 468 valence electrons. The number of esters is 3. The van der Waals surface area contributed by atoms with E-state index >= 15 is 0 Å². The van der Waals surface area contributed by atoms with Gasteiger partial charge in [0.15, 0.2) is 6.10 Å². The number of ether oxygens (including phenoxy) is 3. The molecule has 1 unspecified atom stereocenters. The van der Waals surface area contributed by atoms with Crippen LogP contribution < -0.4 is 0 Å². The Bertz CT molecular complexity index is 1690. The molecular weight excluding hydrogens is 1010 g/mol. The predicted octanol–water partition coefficient (Wildman–Crippen LogP) is 23.9. The Labute approximate surface area is 507 Å². The summed E-state index contributed by atoms with van der Waals surface area (Å²) in [6.07, 6.45) is 96.6. The van der Waals surface area contributed by atoms with Gasteiger partial charge in [-0.2, -0.15) is 0 Å². The van der Waals surface area contributed by atoms with Crippen molar-refractivity contribution in [3.63, 3.8) is 0 Å². The van der Waals surface area contributed by atoms with Crippen molar-refractivity contribution in [2.45, 2.75) is 329 Å². The van der Waals surface area contributed by atoms with E-state index in [0.29, 0.717) is 19.3 Å². The summed E-state index contributed by atoms with van der Waals surface area (Å²) in [5, 5.41) is 0.